The number of nitrogens with zero attached hydrogens (tertiary/aromatic N) is 3. The van der Waals surface area contributed by atoms with Gasteiger partial charge >= 0.3 is 0 Å². The molecule has 0 aliphatic heterocycles. The summed E-state index contributed by atoms with van der Waals surface area (Å²) < 4.78 is 5.16. The van der Waals surface area contributed by atoms with E-state index < -0.39 is 10.8 Å². The Morgan fingerprint density at radius 1 is 1.36 bits per heavy atom. The maximum Gasteiger partial charge on any atom is 0.246 e. The summed E-state index contributed by atoms with van der Waals surface area (Å²) in [5, 5.41) is 6.79. The second-order valence-corrected chi connectivity index (χ2v) is 8.46. The number of aromatic nitrogens is 2. The highest BCUT2D eigenvalue weighted by Gasteiger charge is 2.58. The Morgan fingerprint density at radius 3 is 2.64 bits per heavy atom. The molecule has 2 atom stereocenters. The zero-order chi connectivity index (χ0) is 18.8. The Kier molecular flexibility index (Phi) is 5.81. The predicted octanol–water partition coefficient (Wildman–Crippen LogP) is 2.08. The lowest BCUT2D eigenvalue weighted by Crippen LogP contribution is -2.49. The molecular weight excluding hydrogens is 340 g/mol. The Balaban J connectivity index is 2.05. The van der Waals surface area contributed by atoms with Crippen LogP contribution in [-0.2, 0) is 21.9 Å². The molecule has 2 amide bonds. The molecule has 0 saturated heterocycles. The topological polar surface area (TPSA) is 88.3 Å². The summed E-state index contributed by atoms with van der Waals surface area (Å²) in [4.78, 5) is 31.2. The zero-order valence-electron chi connectivity index (χ0n) is 15.9. The summed E-state index contributed by atoms with van der Waals surface area (Å²) in [5.74, 6) is 1.56. The minimum Gasteiger partial charge on any atom is -0.349 e. The summed E-state index contributed by atoms with van der Waals surface area (Å²) in [6.45, 7) is 6.17. The Labute approximate surface area is 153 Å². The van der Waals surface area contributed by atoms with E-state index in [4.69, 9.17) is 4.52 Å². The molecule has 1 heterocycles. The predicted molar refractivity (Wildman–Crippen MR) is 96.7 cm³/mol. The third kappa shape index (κ3) is 3.68. The molecule has 1 N–H and O–H groups in total. The van der Waals surface area contributed by atoms with Gasteiger partial charge in [-0.1, -0.05) is 25.9 Å². The zero-order valence-corrected chi connectivity index (χ0v) is 16.7. The van der Waals surface area contributed by atoms with E-state index in [0.29, 0.717) is 30.3 Å². The molecule has 1 saturated carbocycles. The van der Waals surface area contributed by atoms with Gasteiger partial charge in [0, 0.05) is 20.0 Å². The second-order valence-electron chi connectivity index (χ2n) is 7.60. The smallest absolute Gasteiger partial charge is 0.246 e. The van der Waals surface area contributed by atoms with Crippen LogP contribution in [0.5, 0.6) is 0 Å². The molecule has 1 aliphatic rings. The van der Waals surface area contributed by atoms with E-state index in [-0.39, 0.29) is 24.3 Å². The van der Waals surface area contributed by atoms with Crippen molar-refractivity contribution in [2.24, 2.45) is 16.7 Å². The van der Waals surface area contributed by atoms with Crippen LogP contribution in [0, 0.1) is 16.7 Å². The Hall–Kier alpha value is -1.57. The Morgan fingerprint density at radius 2 is 2.04 bits per heavy atom. The minimum atomic E-state index is -0.620. The van der Waals surface area contributed by atoms with Crippen LogP contribution in [0.4, 0.5) is 0 Å². The molecule has 140 valence electrons. The fourth-order valence-electron chi connectivity index (χ4n) is 3.55. The van der Waals surface area contributed by atoms with Crippen molar-refractivity contribution in [3.63, 3.8) is 0 Å². The summed E-state index contributed by atoms with van der Waals surface area (Å²) >= 11 is 1.61. The molecule has 0 bridgehead atoms. The van der Waals surface area contributed by atoms with Crippen molar-refractivity contribution < 1.29 is 14.1 Å². The van der Waals surface area contributed by atoms with Gasteiger partial charge in [-0.25, -0.2) is 0 Å². The van der Waals surface area contributed by atoms with Crippen LogP contribution < -0.4 is 5.32 Å². The molecule has 0 aromatic carbocycles. The standard InChI is InChI=1S/C17H28N4O3S/c1-16(2)11(14(22)21(4)5)7-8-17(16,3)15(23)18-9-13-19-12(10-25-6)20-24-13/h11H,7-10H2,1-6H3,(H,18,23)/t11-,17+/m0/s1. The molecular formula is C17H28N4O3S. The molecule has 0 radical (unpaired) electrons. The van der Waals surface area contributed by atoms with E-state index in [0.717, 1.165) is 0 Å². The van der Waals surface area contributed by atoms with E-state index in [1.54, 1.807) is 30.8 Å². The third-order valence-electron chi connectivity index (χ3n) is 5.65. The van der Waals surface area contributed by atoms with E-state index >= 15 is 0 Å². The van der Waals surface area contributed by atoms with E-state index in [9.17, 15) is 9.59 Å². The lowest BCUT2D eigenvalue weighted by atomic mass is 9.65. The van der Waals surface area contributed by atoms with Crippen molar-refractivity contribution in [2.75, 3.05) is 20.4 Å². The van der Waals surface area contributed by atoms with E-state index in [2.05, 4.69) is 15.5 Å². The van der Waals surface area contributed by atoms with Gasteiger partial charge in [-0.2, -0.15) is 16.7 Å². The second kappa shape index (κ2) is 7.35. The van der Waals surface area contributed by atoms with Crippen LogP contribution >= 0.6 is 11.8 Å². The fourth-order valence-corrected chi connectivity index (χ4v) is 3.93. The number of nitrogens with one attached hydrogen (secondary N) is 1. The summed E-state index contributed by atoms with van der Waals surface area (Å²) in [6, 6.07) is 0. The number of carbonyl (C=O) groups is 2. The van der Waals surface area contributed by atoms with Crippen molar-refractivity contribution in [2.45, 2.75) is 45.9 Å². The highest BCUT2D eigenvalue weighted by atomic mass is 32.2. The molecule has 1 fully saturated rings. The van der Waals surface area contributed by atoms with Crippen LogP contribution in [0.25, 0.3) is 0 Å². The van der Waals surface area contributed by atoms with Gasteiger partial charge in [-0.15, -0.1) is 0 Å². The highest BCUT2D eigenvalue weighted by Crippen LogP contribution is 2.56. The largest absolute Gasteiger partial charge is 0.349 e. The first-order valence-electron chi connectivity index (χ1n) is 8.43. The molecule has 25 heavy (non-hydrogen) atoms. The first kappa shape index (κ1) is 19.8. The number of hydrogen-bond acceptors (Lipinski definition) is 6. The minimum absolute atomic E-state index is 0.0730. The van der Waals surface area contributed by atoms with Crippen molar-refractivity contribution in [3.8, 4) is 0 Å². The van der Waals surface area contributed by atoms with Crippen LogP contribution in [0.15, 0.2) is 4.52 Å². The number of rotatable bonds is 6. The number of amides is 2. The van der Waals surface area contributed by atoms with Crippen molar-refractivity contribution in [1.29, 1.82) is 0 Å². The molecule has 1 aliphatic carbocycles. The molecule has 0 unspecified atom stereocenters. The molecule has 1 aromatic rings. The monoisotopic (exact) mass is 368 g/mol. The van der Waals surface area contributed by atoms with Gasteiger partial charge in [0.2, 0.25) is 17.7 Å². The van der Waals surface area contributed by atoms with Gasteiger partial charge in [0.1, 0.15) is 0 Å². The van der Waals surface area contributed by atoms with Gasteiger partial charge in [0.05, 0.1) is 17.7 Å². The normalized spacial score (nSPS) is 25.0. The summed E-state index contributed by atoms with van der Waals surface area (Å²) in [5.41, 5.74) is -1.05. The quantitative estimate of drug-likeness (QED) is 0.827. The van der Waals surface area contributed by atoms with Gasteiger partial charge in [0.15, 0.2) is 5.82 Å². The van der Waals surface area contributed by atoms with Gasteiger partial charge in [0.25, 0.3) is 0 Å². The fraction of sp³-hybridized carbons (Fsp3) is 0.765. The lowest BCUT2D eigenvalue weighted by Gasteiger charge is -2.40. The van der Waals surface area contributed by atoms with E-state index in [1.165, 1.54) is 0 Å². The van der Waals surface area contributed by atoms with Crippen molar-refractivity contribution in [3.05, 3.63) is 11.7 Å². The number of thioether (sulfide) groups is 1. The average molecular weight is 369 g/mol. The van der Waals surface area contributed by atoms with Gasteiger partial charge in [-0.3, -0.25) is 9.59 Å². The molecule has 1 aromatic heterocycles. The molecule has 8 heteroatoms. The first-order valence-corrected chi connectivity index (χ1v) is 9.82. The third-order valence-corrected chi connectivity index (χ3v) is 6.20. The highest BCUT2D eigenvalue weighted by molar-refractivity contribution is 7.97. The maximum absolute atomic E-state index is 12.9. The van der Waals surface area contributed by atoms with Gasteiger partial charge in [-0.05, 0) is 24.5 Å². The molecule has 0 spiro atoms. The maximum atomic E-state index is 12.9. The number of carbonyl (C=O) groups excluding carboxylic acids is 2. The average Bonchev–Trinajstić information content (AvgIpc) is 3.08. The van der Waals surface area contributed by atoms with Gasteiger partial charge < -0.3 is 14.7 Å². The first-order chi connectivity index (χ1) is 11.6. The van der Waals surface area contributed by atoms with Crippen LogP contribution in [0.1, 0.15) is 45.3 Å². The lowest BCUT2D eigenvalue weighted by molar-refractivity contribution is -0.142. The SMILES string of the molecule is CSCc1noc(CNC(=O)[C@@]2(C)CC[C@@H](C(=O)N(C)C)C2(C)C)n1. The molecule has 7 nitrogen and oxygen atoms in total. The Bertz CT molecular complexity index is 644. The number of hydrogen-bond donors (Lipinski definition) is 1. The van der Waals surface area contributed by atoms with Crippen LogP contribution in [0.2, 0.25) is 0 Å². The van der Waals surface area contributed by atoms with Crippen LogP contribution in [-0.4, -0.2) is 47.2 Å². The molecule has 2 rings (SSSR count). The van der Waals surface area contributed by atoms with E-state index in [1.807, 2.05) is 27.0 Å². The van der Waals surface area contributed by atoms with Crippen LogP contribution in [0.3, 0.4) is 0 Å². The van der Waals surface area contributed by atoms with Crippen molar-refractivity contribution >= 4 is 23.6 Å². The van der Waals surface area contributed by atoms with Crippen molar-refractivity contribution in [1.82, 2.24) is 20.4 Å². The summed E-state index contributed by atoms with van der Waals surface area (Å²) in [7, 11) is 3.52. The summed E-state index contributed by atoms with van der Waals surface area (Å²) in [6.07, 6.45) is 3.36.